The van der Waals surface area contributed by atoms with Crippen molar-refractivity contribution in [2.24, 2.45) is 5.92 Å². The highest BCUT2D eigenvalue weighted by molar-refractivity contribution is 9.10. The standard InChI is InChI=1S/C23H25BrN2O5/c1-14(2)12-19(23(29)30)26-22(28)18(13-15-8-10-16(24)11-9-15)25-21(27)17-6-4-5-7-20(17)31-3/h4-11,13-14,19H,12H2,1-3H3,(H,25,27)(H,26,28)(H,29,30)/p-1/b18-13-/t19-/m1/s1. The van der Waals surface area contributed by atoms with Crippen molar-refractivity contribution < 1.29 is 24.2 Å². The summed E-state index contributed by atoms with van der Waals surface area (Å²) < 4.78 is 6.06. The second kappa shape index (κ2) is 11.3. The molecule has 164 valence electrons. The van der Waals surface area contributed by atoms with Crippen molar-refractivity contribution in [2.45, 2.75) is 26.3 Å². The molecular weight excluding hydrogens is 464 g/mol. The summed E-state index contributed by atoms with van der Waals surface area (Å²) in [7, 11) is 1.44. The molecule has 2 aromatic carbocycles. The zero-order valence-corrected chi connectivity index (χ0v) is 19.1. The van der Waals surface area contributed by atoms with Crippen molar-refractivity contribution in [3.8, 4) is 5.75 Å². The average molecular weight is 488 g/mol. The first-order chi connectivity index (χ1) is 14.7. The monoisotopic (exact) mass is 487 g/mol. The van der Waals surface area contributed by atoms with Gasteiger partial charge in [-0.1, -0.05) is 54.0 Å². The Morgan fingerprint density at radius 1 is 1.10 bits per heavy atom. The molecule has 0 aliphatic rings. The number of carboxylic acid groups (broad SMARTS) is 1. The minimum Gasteiger partial charge on any atom is -0.548 e. The first kappa shape index (κ1) is 24.1. The van der Waals surface area contributed by atoms with Crippen molar-refractivity contribution in [1.29, 1.82) is 0 Å². The summed E-state index contributed by atoms with van der Waals surface area (Å²) in [6.45, 7) is 3.67. The molecule has 1 atom stereocenters. The average Bonchev–Trinajstić information content (AvgIpc) is 2.73. The molecule has 0 saturated heterocycles. The van der Waals surface area contributed by atoms with Gasteiger partial charge in [0.1, 0.15) is 11.4 Å². The van der Waals surface area contributed by atoms with Crippen LogP contribution in [-0.2, 0) is 9.59 Å². The van der Waals surface area contributed by atoms with E-state index >= 15 is 0 Å². The van der Waals surface area contributed by atoms with Crippen molar-refractivity contribution in [2.75, 3.05) is 7.11 Å². The molecule has 0 spiro atoms. The number of carbonyl (C=O) groups is 3. The number of benzene rings is 2. The van der Waals surface area contributed by atoms with E-state index in [0.29, 0.717) is 11.3 Å². The summed E-state index contributed by atoms with van der Waals surface area (Å²) in [5.41, 5.74) is 0.772. The fourth-order valence-electron chi connectivity index (χ4n) is 2.83. The summed E-state index contributed by atoms with van der Waals surface area (Å²) in [5, 5.41) is 16.5. The van der Waals surface area contributed by atoms with Gasteiger partial charge in [0.2, 0.25) is 0 Å². The van der Waals surface area contributed by atoms with E-state index in [1.165, 1.54) is 13.2 Å². The molecule has 0 heterocycles. The van der Waals surface area contributed by atoms with Crippen LogP contribution in [0.2, 0.25) is 0 Å². The third-order valence-corrected chi connectivity index (χ3v) is 4.85. The third kappa shape index (κ3) is 7.25. The summed E-state index contributed by atoms with van der Waals surface area (Å²) in [6, 6.07) is 12.4. The van der Waals surface area contributed by atoms with Gasteiger partial charge in [-0.3, -0.25) is 9.59 Å². The molecule has 0 unspecified atom stereocenters. The van der Waals surface area contributed by atoms with Gasteiger partial charge in [0, 0.05) is 4.47 Å². The van der Waals surface area contributed by atoms with Gasteiger partial charge in [-0.25, -0.2) is 0 Å². The molecular formula is C23H24BrN2O5-. The maximum absolute atomic E-state index is 12.9. The molecule has 0 radical (unpaired) electrons. The highest BCUT2D eigenvalue weighted by atomic mass is 79.9. The van der Waals surface area contributed by atoms with E-state index < -0.39 is 23.8 Å². The molecule has 0 bridgehead atoms. The molecule has 0 aliphatic heterocycles. The summed E-state index contributed by atoms with van der Waals surface area (Å²) in [4.78, 5) is 37.2. The number of hydrogen-bond donors (Lipinski definition) is 2. The Bertz CT molecular complexity index is 970. The zero-order valence-electron chi connectivity index (χ0n) is 17.5. The van der Waals surface area contributed by atoms with Gasteiger partial charge in [0.15, 0.2) is 0 Å². The number of hydrogen-bond acceptors (Lipinski definition) is 5. The summed E-state index contributed by atoms with van der Waals surface area (Å²) >= 11 is 3.34. The van der Waals surface area contributed by atoms with E-state index in [1.807, 2.05) is 13.8 Å². The molecule has 8 heteroatoms. The maximum Gasteiger partial charge on any atom is 0.268 e. The summed E-state index contributed by atoms with van der Waals surface area (Å²) in [5.74, 6) is -2.33. The summed E-state index contributed by atoms with van der Waals surface area (Å²) in [6.07, 6.45) is 1.66. The number of carbonyl (C=O) groups excluding carboxylic acids is 3. The van der Waals surface area contributed by atoms with Crippen LogP contribution in [0.4, 0.5) is 0 Å². The van der Waals surface area contributed by atoms with Crippen LogP contribution >= 0.6 is 15.9 Å². The van der Waals surface area contributed by atoms with Crippen LogP contribution in [0, 0.1) is 5.92 Å². The lowest BCUT2D eigenvalue weighted by Crippen LogP contribution is -2.50. The highest BCUT2D eigenvalue weighted by Gasteiger charge is 2.21. The number of aliphatic carboxylic acids is 1. The predicted octanol–water partition coefficient (Wildman–Crippen LogP) is 2.51. The first-order valence-electron chi connectivity index (χ1n) is 9.64. The molecule has 2 amide bonds. The number of carboxylic acids is 1. The number of para-hydroxylation sites is 1. The van der Waals surface area contributed by atoms with Gasteiger partial charge < -0.3 is 25.3 Å². The fraction of sp³-hybridized carbons (Fsp3) is 0.261. The van der Waals surface area contributed by atoms with Gasteiger partial charge in [0.05, 0.1) is 24.7 Å². The molecule has 31 heavy (non-hydrogen) atoms. The van der Waals surface area contributed by atoms with Crippen LogP contribution in [0.3, 0.4) is 0 Å². The van der Waals surface area contributed by atoms with E-state index in [0.717, 1.165) is 4.47 Å². The Hall–Kier alpha value is -3.13. The van der Waals surface area contributed by atoms with Gasteiger partial charge >= 0.3 is 0 Å². The normalized spacial score (nSPS) is 12.2. The van der Waals surface area contributed by atoms with E-state index in [-0.39, 0.29) is 23.6 Å². The molecule has 0 aromatic heterocycles. The molecule has 2 rings (SSSR count). The van der Waals surface area contributed by atoms with Crippen molar-refractivity contribution in [1.82, 2.24) is 10.6 Å². The van der Waals surface area contributed by atoms with Crippen LogP contribution in [0.15, 0.2) is 58.7 Å². The number of rotatable bonds is 9. The lowest BCUT2D eigenvalue weighted by Gasteiger charge is -2.22. The van der Waals surface area contributed by atoms with Crippen LogP contribution in [0.25, 0.3) is 6.08 Å². The van der Waals surface area contributed by atoms with E-state index in [2.05, 4.69) is 26.6 Å². The smallest absolute Gasteiger partial charge is 0.268 e. The van der Waals surface area contributed by atoms with Crippen LogP contribution < -0.4 is 20.5 Å². The van der Waals surface area contributed by atoms with Gasteiger partial charge in [-0.15, -0.1) is 0 Å². The molecule has 0 fully saturated rings. The number of amides is 2. The van der Waals surface area contributed by atoms with Crippen LogP contribution in [0.5, 0.6) is 5.75 Å². The number of halogens is 1. The maximum atomic E-state index is 12.9. The second-order valence-corrected chi connectivity index (χ2v) is 8.15. The van der Waals surface area contributed by atoms with Gasteiger partial charge in [-0.2, -0.15) is 0 Å². The molecule has 2 N–H and O–H groups in total. The van der Waals surface area contributed by atoms with Crippen molar-refractivity contribution in [3.63, 3.8) is 0 Å². The van der Waals surface area contributed by atoms with Gasteiger partial charge in [-0.05, 0) is 48.2 Å². The molecule has 0 saturated carbocycles. The van der Waals surface area contributed by atoms with E-state index in [9.17, 15) is 19.5 Å². The topological polar surface area (TPSA) is 108 Å². The molecule has 2 aromatic rings. The van der Waals surface area contributed by atoms with Crippen LogP contribution in [-0.4, -0.2) is 30.9 Å². The zero-order chi connectivity index (χ0) is 23.0. The Morgan fingerprint density at radius 3 is 2.32 bits per heavy atom. The van der Waals surface area contributed by atoms with Crippen molar-refractivity contribution >= 4 is 39.8 Å². The molecule has 7 nitrogen and oxygen atoms in total. The van der Waals surface area contributed by atoms with E-state index in [1.54, 1.807) is 48.5 Å². The lowest BCUT2D eigenvalue weighted by molar-refractivity contribution is -0.308. The largest absolute Gasteiger partial charge is 0.548 e. The number of nitrogens with one attached hydrogen (secondary N) is 2. The first-order valence-corrected chi connectivity index (χ1v) is 10.4. The second-order valence-electron chi connectivity index (χ2n) is 7.24. The Morgan fingerprint density at radius 2 is 1.74 bits per heavy atom. The highest BCUT2D eigenvalue weighted by Crippen LogP contribution is 2.18. The Kier molecular flexibility index (Phi) is 8.81. The molecule has 0 aliphatic carbocycles. The van der Waals surface area contributed by atoms with Gasteiger partial charge in [0.25, 0.3) is 11.8 Å². The van der Waals surface area contributed by atoms with Crippen LogP contribution in [0.1, 0.15) is 36.2 Å². The Labute approximate surface area is 189 Å². The SMILES string of the molecule is COc1ccccc1C(=O)N/C(=C\c1ccc(Br)cc1)C(=O)N[C@H](CC(C)C)C(=O)[O-]. The third-order valence-electron chi connectivity index (χ3n) is 4.32. The lowest BCUT2D eigenvalue weighted by atomic mass is 10.0. The van der Waals surface area contributed by atoms with Crippen molar-refractivity contribution in [3.05, 3.63) is 69.8 Å². The number of ether oxygens (including phenoxy) is 1. The minimum absolute atomic E-state index is 0.0188. The van der Waals surface area contributed by atoms with E-state index in [4.69, 9.17) is 4.74 Å². The quantitative estimate of drug-likeness (QED) is 0.528. The predicted molar refractivity (Wildman–Crippen MR) is 119 cm³/mol. The Balaban J connectivity index is 2.36. The fourth-order valence-corrected chi connectivity index (χ4v) is 3.09. The number of methoxy groups -OCH3 is 1. The minimum atomic E-state index is -1.39.